The van der Waals surface area contributed by atoms with Crippen LogP contribution in [0, 0.1) is 13.8 Å². The molecule has 0 unspecified atom stereocenters. The Hall–Kier alpha value is -1.35. The first kappa shape index (κ1) is 10.7. The highest BCUT2D eigenvalue weighted by molar-refractivity contribution is 5.74. The first-order valence-corrected chi connectivity index (χ1v) is 4.62. The molecule has 1 amide bonds. The number of rotatable bonds is 3. The van der Waals surface area contributed by atoms with Crippen molar-refractivity contribution >= 4 is 5.91 Å². The molecule has 0 radical (unpaired) electrons. The first-order chi connectivity index (χ1) is 6.52. The van der Waals surface area contributed by atoms with Gasteiger partial charge in [-0.25, -0.2) is 0 Å². The molecule has 1 aromatic carbocycles. The molecule has 0 aliphatic heterocycles. The molecule has 1 rings (SSSR count). The van der Waals surface area contributed by atoms with Gasteiger partial charge in [0.05, 0.1) is 0 Å². The summed E-state index contributed by atoms with van der Waals surface area (Å²) < 4.78 is 0. The summed E-state index contributed by atoms with van der Waals surface area (Å²) in [5.74, 6) is -0.363. The molecule has 1 aromatic rings. The van der Waals surface area contributed by atoms with Gasteiger partial charge in [0, 0.05) is 12.5 Å². The van der Waals surface area contributed by atoms with Gasteiger partial charge in [-0.3, -0.25) is 4.79 Å². The fourth-order valence-electron chi connectivity index (χ4n) is 1.50. The monoisotopic (exact) mass is 192 g/mol. The largest absolute Gasteiger partial charge is 0.370 e. The van der Waals surface area contributed by atoms with Gasteiger partial charge in [0.2, 0.25) is 5.91 Å². The van der Waals surface area contributed by atoms with Crippen LogP contribution in [0.4, 0.5) is 0 Å². The van der Waals surface area contributed by atoms with E-state index in [1.54, 1.807) is 0 Å². The average Bonchev–Trinajstić information content (AvgIpc) is 2.08. The van der Waals surface area contributed by atoms with Crippen LogP contribution in [0.1, 0.15) is 29.2 Å². The summed E-state index contributed by atoms with van der Waals surface area (Å²) in [6.07, 6.45) is 0.199. The van der Waals surface area contributed by atoms with Gasteiger partial charge >= 0.3 is 0 Å². The van der Waals surface area contributed by atoms with Crippen LogP contribution in [0.15, 0.2) is 18.2 Å². The maximum absolute atomic E-state index is 10.7. The number of hydrogen-bond donors (Lipinski definition) is 2. The third-order valence-electron chi connectivity index (χ3n) is 2.47. The van der Waals surface area contributed by atoms with E-state index < -0.39 is 0 Å². The normalized spacial score (nSPS) is 12.5. The van der Waals surface area contributed by atoms with E-state index in [9.17, 15) is 4.79 Å². The van der Waals surface area contributed by atoms with Crippen LogP contribution < -0.4 is 11.5 Å². The summed E-state index contributed by atoms with van der Waals surface area (Å²) in [4.78, 5) is 10.7. The Bertz CT molecular complexity index is 347. The summed E-state index contributed by atoms with van der Waals surface area (Å²) in [5, 5.41) is 0. The topological polar surface area (TPSA) is 69.1 Å². The van der Waals surface area contributed by atoms with Gasteiger partial charge < -0.3 is 11.5 Å². The van der Waals surface area contributed by atoms with Crippen LogP contribution >= 0.6 is 0 Å². The predicted octanol–water partition coefficient (Wildman–Crippen LogP) is 1.18. The minimum Gasteiger partial charge on any atom is -0.370 e. The van der Waals surface area contributed by atoms with Crippen LogP contribution in [0.25, 0.3) is 0 Å². The Morgan fingerprint density at radius 3 is 2.64 bits per heavy atom. The molecule has 0 aliphatic rings. The van der Waals surface area contributed by atoms with Crippen LogP contribution in [0.3, 0.4) is 0 Å². The van der Waals surface area contributed by atoms with E-state index in [1.807, 2.05) is 32.0 Å². The highest BCUT2D eigenvalue weighted by Gasteiger charge is 2.11. The summed E-state index contributed by atoms with van der Waals surface area (Å²) in [6, 6.07) is 5.62. The summed E-state index contributed by atoms with van der Waals surface area (Å²) >= 11 is 0. The molecule has 0 saturated heterocycles. The van der Waals surface area contributed by atoms with Crippen LogP contribution in [0.5, 0.6) is 0 Å². The smallest absolute Gasteiger partial charge is 0.219 e. The summed E-state index contributed by atoms with van der Waals surface area (Å²) in [7, 11) is 0. The highest BCUT2D eigenvalue weighted by Crippen LogP contribution is 2.20. The number of amides is 1. The van der Waals surface area contributed by atoms with Crippen molar-refractivity contribution in [1.29, 1.82) is 0 Å². The minimum atomic E-state index is -0.363. The Morgan fingerprint density at radius 2 is 2.07 bits per heavy atom. The van der Waals surface area contributed by atoms with E-state index in [4.69, 9.17) is 11.5 Å². The lowest BCUT2D eigenvalue weighted by Crippen LogP contribution is -2.21. The quantitative estimate of drug-likeness (QED) is 0.755. The number of primary amides is 1. The molecular formula is C11H16N2O. The fraction of sp³-hybridized carbons (Fsp3) is 0.364. The van der Waals surface area contributed by atoms with Crippen molar-refractivity contribution in [2.45, 2.75) is 26.3 Å². The zero-order chi connectivity index (χ0) is 10.7. The predicted molar refractivity (Wildman–Crippen MR) is 56.7 cm³/mol. The van der Waals surface area contributed by atoms with Crippen molar-refractivity contribution in [1.82, 2.24) is 0 Å². The second-order valence-electron chi connectivity index (χ2n) is 3.57. The maximum Gasteiger partial charge on any atom is 0.219 e. The molecule has 76 valence electrons. The number of nitrogens with two attached hydrogens (primary N) is 2. The van der Waals surface area contributed by atoms with Gasteiger partial charge in [0.25, 0.3) is 0 Å². The second-order valence-corrected chi connectivity index (χ2v) is 3.57. The molecule has 0 bridgehead atoms. The SMILES string of the molecule is Cc1cccc([C@@H](N)CC(N)=O)c1C. The molecule has 0 aromatic heterocycles. The molecule has 14 heavy (non-hydrogen) atoms. The minimum absolute atomic E-state index is 0.199. The number of aryl methyl sites for hydroxylation is 1. The van der Waals surface area contributed by atoms with E-state index in [-0.39, 0.29) is 18.4 Å². The molecule has 4 N–H and O–H groups in total. The zero-order valence-electron chi connectivity index (χ0n) is 8.58. The second kappa shape index (κ2) is 4.24. The molecule has 0 saturated carbocycles. The van der Waals surface area contributed by atoms with E-state index in [1.165, 1.54) is 5.56 Å². The lowest BCUT2D eigenvalue weighted by atomic mass is 9.96. The van der Waals surface area contributed by atoms with Gasteiger partial charge in [0.1, 0.15) is 0 Å². The van der Waals surface area contributed by atoms with E-state index in [0.717, 1.165) is 11.1 Å². The number of benzene rings is 1. The average molecular weight is 192 g/mol. The van der Waals surface area contributed by atoms with Gasteiger partial charge in [0.15, 0.2) is 0 Å². The van der Waals surface area contributed by atoms with Crippen LogP contribution in [-0.4, -0.2) is 5.91 Å². The van der Waals surface area contributed by atoms with Crippen molar-refractivity contribution in [2.24, 2.45) is 11.5 Å². The van der Waals surface area contributed by atoms with Crippen LogP contribution in [0.2, 0.25) is 0 Å². The standard InChI is InChI=1S/C11H16N2O/c1-7-4-3-5-9(8(7)2)10(12)6-11(13)14/h3-5,10H,6,12H2,1-2H3,(H2,13,14)/t10-/m0/s1. The third kappa shape index (κ3) is 2.33. The van der Waals surface area contributed by atoms with Crippen molar-refractivity contribution in [3.63, 3.8) is 0 Å². The first-order valence-electron chi connectivity index (χ1n) is 4.62. The van der Waals surface area contributed by atoms with E-state index >= 15 is 0 Å². The fourth-order valence-corrected chi connectivity index (χ4v) is 1.50. The van der Waals surface area contributed by atoms with Gasteiger partial charge in [-0.15, -0.1) is 0 Å². The molecule has 1 atom stereocenters. The molecular weight excluding hydrogens is 176 g/mol. The molecule has 0 spiro atoms. The maximum atomic E-state index is 10.7. The van der Waals surface area contributed by atoms with Crippen LogP contribution in [-0.2, 0) is 4.79 Å². The number of carbonyl (C=O) groups is 1. The Morgan fingerprint density at radius 1 is 1.43 bits per heavy atom. The van der Waals surface area contributed by atoms with Crippen molar-refractivity contribution in [3.8, 4) is 0 Å². The Labute approximate surface area is 84.1 Å². The number of carbonyl (C=O) groups excluding carboxylic acids is 1. The van der Waals surface area contributed by atoms with Gasteiger partial charge in [-0.05, 0) is 30.5 Å². The molecule has 0 aliphatic carbocycles. The number of hydrogen-bond acceptors (Lipinski definition) is 2. The van der Waals surface area contributed by atoms with Crippen molar-refractivity contribution < 1.29 is 4.79 Å². The lowest BCUT2D eigenvalue weighted by molar-refractivity contribution is -0.118. The lowest BCUT2D eigenvalue weighted by Gasteiger charge is -2.14. The molecule has 0 heterocycles. The molecule has 3 nitrogen and oxygen atoms in total. The van der Waals surface area contributed by atoms with E-state index in [2.05, 4.69) is 0 Å². The molecule has 0 fully saturated rings. The van der Waals surface area contributed by atoms with Gasteiger partial charge in [-0.2, -0.15) is 0 Å². The Kier molecular flexibility index (Phi) is 3.25. The van der Waals surface area contributed by atoms with Crippen molar-refractivity contribution in [2.75, 3.05) is 0 Å². The summed E-state index contributed by atoms with van der Waals surface area (Å²) in [6.45, 7) is 4.03. The molecule has 3 heteroatoms. The van der Waals surface area contributed by atoms with Gasteiger partial charge in [-0.1, -0.05) is 18.2 Å². The van der Waals surface area contributed by atoms with E-state index in [0.29, 0.717) is 0 Å². The highest BCUT2D eigenvalue weighted by atomic mass is 16.1. The summed E-state index contributed by atoms with van der Waals surface area (Å²) in [5.41, 5.74) is 14.3. The van der Waals surface area contributed by atoms with Crippen molar-refractivity contribution in [3.05, 3.63) is 34.9 Å². The third-order valence-corrected chi connectivity index (χ3v) is 2.47. The Balaban J connectivity index is 2.95. The zero-order valence-corrected chi connectivity index (χ0v) is 8.58.